The molecule has 1 heterocycles. The lowest BCUT2D eigenvalue weighted by atomic mass is 9.94. The van der Waals surface area contributed by atoms with Crippen LogP contribution in [-0.4, -0.2) is 29.3 Å². The van der Waals surface area contributed by atoms with Gasteiger partial charge in [-0.05, 0) is 37.0 Å². The average Bonchev–Trinajstić information content (AvgIpc) is 2.98. The summed E-state index contributed by atoms with van der Waals surface area (Å²) in [5.41, 5.74) is 2.07. The first-order chi connectivity index (χ1) is 11.2. The second kappa shape index (κ2) is 7.16. The monoisotopic (exact) mass is 314 g/mol. The lowest BCUT2D eigenvalue weighted by Gasteiger charge is -2.31. The molecule has 4 nitrogen and oxygen atoms in total. The van der Waals surface area contributed by atoms with Gasteiger partial charge in [0.2, 0.25) is 11.8 Å². The first-order valence-corrected chi connectivity index (χ1v) is 8.86. The van der Waals surface area contributed by atoms with E-state index in [9.17, 15) is 9.59 Å². The summed E-state index contributed by atoms with van der Waals surface area (Å²) in [5, 5.41) is 2.96. The van der Waals surface area contributed by atoms with Crippen molar-refractivity contribution in [2.75, 3.05) is 11.9 Å². The van der Waals surface area contributed by atoms with Crippen molar-refractivity contribution in [1.29, 1.82) is 0 Å². The molecule has 0 spiro atoms. The van der Waals surface area contributed by atoms with Gasteiger partial charge in [0.1, 0.15) is 0 Å². The van der Waals surface area contributed by atoms with Crippen LogP contribution < -0.4 is 5.32 Å². The number of hydrogen-bond donors (Lipinski definition) is 1. The van der Waals surface area contributed by atoms with Gasteiger partial charge in [-0.1, -0.05) is 38.3 Å². The van der Waals surface area contributed by atoms with E-state index >= 15 is 0 Å². The van der Waals surface area contributed by atoms with E-state index in [4.69, 9.17) is 0 Å². The van der Waals surface area contributed by atoms with E-state index < -0.39 is 0 Å². The summed E-state index contributed by atoms with van der Waals surface area (Å²) in [7, 11) is 0. The quantitative estimate of drug-likeness (QED) is 0.926. The fraction of sp³-hybridized carbons (Fsp3) is 0.579. The van der Waals surface area contributed by atoms with Gasteiger partial charge in [0.05, 0.1) is 5.92 Å². The number of rotatable bonds is 4. The van der Waals surface area contributed by atoms with Crippen LogP contribution in [0.4, 0.5) is 5.69 Å². The number of aryl methyl sites for hydroxylation is 1. The van der Waals surface area contributed by atoms with E-state index in [1.807, 2.05) is 29.2 Å². The largest absolute Gasteiger partial charge is 0.339 e. The molecular formula is C19H26N2O2. The van der Waals surface area contributed by atoms with Gasteiger partial charge in [-0.2, -0.15) is 0 Å². The third-order valence-electron chi connectivity index (χ3n) is 5.17. The van der Waals surface area contributed by atoms with Crippen molar-refractivity contribution in [3.8, 4) is 0 Å². The maximum atomic E-state index is 12.5. The van der Waals surface area contributed by atoms with Crippen molar-refractivity contribution in [2.24, 2.45) is 5.92 Å². The Balaban J connectivity index is 1.58. The van der Waals surface area contributed by atoms with E-state index in [-0.39, 0.29) is 17.7 Å². The molecule has 1 aromatic rings. The highest BCUT2D eigenvalue weighted by Crippen LogP contribution is 2.29. The normalized spacial score (nSPS) is 22.4. The van der Waals surface area contributed by atoms with Crippen molar-refractivity contribution >= 4 is 17.5 Å². The van der Waals surface area contributed by atoms with Gasteiger partial charge in [-0.3, -0.25) is 9.59 Å². The number of nitrogens with zero attached hydrogens (tertiary/aromatic N) is 1. The lowest BCUT2D eigenvalue weighted by molar-refractivity contribution is -0.130. The summed E-state index contributed by atoms with van der Waals surface area (Å²) in [6, 6.07) is 8.30. The molecule has 124 valence electrons. The van der Waals surface area contributed by atoms with E-state index in [2.05, 4.69) is 12.2 Å². The Morgan fingerprint density at radius 3 is 2.52 bits per heavy atom. The molecule has 3 rings (SSSR count). The van der Waals surface area contributed by atoms with E-state index in [1.54, 1.807) is 0 Å². The molecule has 1 saturated carbocycles. The molecule has 4 heteroatoms. The van der Waals surface area contributed by atoms with Gasteiger partial charge in [0.15, 0.2) is 0 Å². The minimum absolute atomic E-state index is 0.0269. The Morgan fingerprint density at radius 2 is 1.87 bits per heavy atom. The van der Waals surface area contributed by atoms with E-state index in [0.29, 0.717) is 19.0 Å². The molecule has 1 saturated heterocycles. The van der Waals surface area contributed by atoms with Crippen LogP contribution in [0.25, 0.3) is 0 Å². The molecule has 2 amide bonds. The van der Waals surface area contributed by atoms with Gasteiger partial charge >= 0.3 is 0 Å². The van der Waals surface area contributed by atoms with Gasteiger partial charge in [-0.25, -0.2) is 0 Å². The fourth-order valence-corrected chi connectivity index (χ4v) is 3.72. The summed E-state index contributed by atoms with van der Waals surface area (Å²) in [5.74, 6) is -0.0884. The van der Waals surface area contributed by atoms with Crippen LogP contribution in [0.1, 0.15) is 51.0 Å². The molecule has 1 N–H and O–H groups in total. The molecule has 0 aromatic heterocycles. The maximum Gasteiger partial charge on any atom is 0.229 e. The molecule has 0 radical (unpaired) electrons. The smallest absolute Gasteiger partial charge is 0.229 e. The zero-order valence-electron chi connectivity index (χ0n) is 13.9. The molecule has 0 unspecified atom stereocenters. The minimum Gasteiger partial charge on any atom is -0.339 e. The van der Waals surface area contributed by atoms with Crippen LogP contribution in [0, 0.1) is 5.92 Å². The molecular weight excluding hydrogens is 288 g/mol. The summed E-state index contributed by atoms with van der Waals surface area (Å²) in [6.45, 7) is 2.69. The van der Waals surface area contributed by atoms with E-state index in [1.165, 1.54) is 24.8 Å². The van der Waals surface area contributed by atoms with E-state index in [0.717, 1.165) is 24.9 Å². The molecule has 1 aromatic carbocycles. The first kappa shape index (κ1) is 16.0. The highest BCUT2D eigenvalue weighted by atomic mass is 16.2. The molecule has 1 aliphatic heterocycles. The number of hydrogen-bond acceptors (Lipinski definition) is 2. The highest BCUT2D eigenvalue weighted by molar-refractivity contribution is 5.97. The Hall–Kier alpha value is -1.84. The number of amides is 2. The van der Waals surface area contributed by atoms with Crippen LogP contribution in [0.3, 0.4) is 0 Å². The van der Waals surface area contributed by atoms with Gasteiger partial charge in [-0.15, -0.1) is 0 Å². The van der Waals surface area contributed by atoms with Gasteiger partial charge in [0.25, 0.3) is 0 Å². The summed E-state index contributed by atoms with van der Waals surface area (Å²) >= 11 is 0. The minimum atomic E-state index is -0.213. The van der Waals surface area contributed by atoms with Crippen molar-refractivity contribution < 1.29 is 9.59 Å². The van der Waals surface area contributed by atoms with Crippen LogP contribution in [-0.2, 0) is 16.0 Å². The van der Waals surface area contributed by atoms with Crippen LogP contribution in [0.2, 0.25) is 0 Å². The second-order valence-corrected chi connectivity index (χ2v) is 6.78. The standard InChI is InChI=1S/C19H26N2O2/c1-2-14-8-10-16(11-9-14)20-19(23)15-12-18(22)21(13-15)17-6-4-3-5-7-17/h8-11,15,17H,2-7,12-13H2,1H3,(H,20,23)/t15-/m1/s1. The van der Waals surface area contributed by atoms with Crippen LogP contribution in [0.5, 0.6) is 0 Å². The van der Waals surface area contributed by atoms with Gasteiger partial charge < -0.3 is 10.2 Å². The Bertz CT molecular complexity index is 561. The molecule has 2 fully saturated rings. The number of carbonyl (C=O) groups excluding carboxylic acids is 2. The summed E-state index contributed by atoms with van der Waals surface area (Å²) in [4.78, 5) is 26.7. The predicted octanol–water partition coefficient (Wildman–Crippen LogP) is 3.37. The zero-order valence-corrected chi connectivity index (χ0v) is 13.9. The predicted molar refractivity (Wildman–Crippen MR) is 91.1 cm³/mol. The lowest BCUT2D eigenvalue weighted by Crippen LogP contribution is -2.38. The van der Waals surface area contributed by atoms with Crippen molar-refractivity contribution in [1.82, 2.24) is 4.90 Å². The number of anilines is 1. The fourth-order valence-electron chi connectivity index (χ4n) is 3.72. The van der Waals surface area contributed by atoms with Crippen molar-refractivity contribution in [3.05, 3.63) is 29.8 Å². The number of carbonyl (C=O) groups is 2. The maximum absolute atomic E-state index is 12.5. The summed E-state index contributed by atoms with van der Waals surface area (Å²) < 4.78 is 0. The third-order valence-corrected chi connectivity index (χ3v) is 5.17. The first-order valence-electron chi connectivity index (χ1n) is 8.86. The number of benzene rings is 1. The zero-order chi connectivity index (χ0) is 16.2. The van der Waals surface area contributed by atoms with Crippen molar-refractivity contribution in [3.63, 3.8) is 0 Å². The highest BCUT2D eigenvalue weighted by Gasteiger charge is 2.38. The number of likely N-dealkylation sites (tertiary alicyclic amines) is 1. The molecule has 23 heavy (non-hydrogen) atoms. The molecule has 1 atom stereocenters. The average molecular weight is 314 g/mol. The SMILES string of the molecule is CCc1ccc(NC(=O)[C@@H]2CC(=O)N(C3CCCCC3)C2)cc1. The Morgan fingerprint density at radius 1 is 1.17 bits per heavy atom. The summed E-state index contributed by atoms with van der Waals surface area (Å²) in [6.07, 6.45) is 7.22. The second-order valence-electron chi connectivity index (χ2n) is 6.78. The van der Waals surface area contributed by atoms with Crippen LogP contribution in [0.15, 0.2) is 24.3 Å². The Labute approximate surface area is 138 Å². The Kier molecular flexibility index (Phi) is 4.99. The molecule has 2 aliphatic rings. The number of nitrogens with one attached hydrogen (secondary N) is 1. The van der Waals surface area contributed by atoms with Gasteiger partial charge in [0, 0.05) is 24.7 Å². The van der Waals surface area contributed by atoms with Crippen LogP contribution >= 0.6 is 0 Å². The van der Waals surface area contributed by atoms with Crippen molar-refractivity contribution in [2.45, 2.75) is 57.9 Å². The third kappa shape index (κ3) is 3.74. The topological polar surface area (TPSA) is 49.4 Å². The molecule has 1 aliphatic carbocycles. The molecule has 0 bridgehead atoms.